The molecule has 2 nitrogen and oxygen atoms in total. The molecule has 1 aromatic rings. The van der Waals surface area contributed by atoms with Crippen molar-refractivity contribution in [3.8, 4) is 0 Å². The Bertz CT molecular complexity index is 367. The number of hydrogen-bond donors (Lipinski definition) is 0. The van der Waals surface area contributed by atoms with Crippen LogP contribution in [0.4, 0.5) is 0 Å². The number of nitrogens with zero attached hydrogens (tertiary/aromatic N) is 2. The van der Waals surface area contributed by atoms with Crippen molar-refractivity contribution in [3.63, 3.8) is 0 Å². The van der Waals surface area contributed by atoms with Gasteiger partial charge in [0.1, 0.15) is 0 Å². The third kappa shape index (κ3) is 1.11. The molecule has 0 amide bonds. The summed E-state index contributed by atoms with van der Waals surface area (Å²) >= 11 is 0. The zero-order valence-corrected chi connectivity index (χ0v) is 6.94. The fourth-order valence-corrected chi connectivity index (χ4v) is 1.21. The first-order chi connectivity index (χ1) is 5.88. The van der Waals surface area contributed by atoms with Crippen LogP contribution >= 0.6 is 0 Å². The number of aromatic nitrogens is 2. The Morgan fingerprint density at radius 2 is 1.83 bits per heavy atom. The average Bonchev–Trinajstić information content (AvgIpc) is 2.31. The lowest BCUT2D eigenvalue weighted by Gasteiger charge is -1.96. The monoisotopic (exact) mass is 158 g/mol. The van der Waals surface area contributed by atoms with Crippen molar-refractivity contribution in [2.45, 2.75) is 0 Å². The van der Waals surface area contributed by atoms with E-state index in [0.29, 0.717) is 0 Å². The van der Waals surface area contributed by atoms with E-state index in [1.54, 1.807) is 0 Å². The van der Waals surface area contributed by atoms with Gasteiger partial charge in [-0.1, -0.05) is 24.3 Å². The molecule has 0 atom stereocenters. The van der Waals surface area contributed by atoms with Gasteiger partial charge in [0.25, 0.3) is 0 Å². The molecule has 0 aliphatic heterocycles. The second kappa shape index (κ2) is 2.81. The average molecular weight is 158 g/mol. The third-order valence-corrected chi connectivity index (χ3v) is 1.85. The maximum absolute atomic E-state index is 4.25. The van der Waals surface area contributed by atoms with Gasteiger partial charge in [-0.25, -0.2) is 4.98 Å². The summed E-state index contributed by atoms with van der Waals surface area (Å²) in [5.74, 6) is 0. The molecule has 0 fully saturated rings. The van der Waals surface area contributed by atoms with E-state index in [9.17, 15) is 0 Å². The first-order valence-corrected chi connectivity index (χ1v) is 3.90. The molecule has 0 N–H and O–H groups in total. The second-order valence-corrected chi connectivity index (χ2v) is 2.73. The fraction of sp³-hybridized carbons (Fsp3) is 0.100. The lowest BCUT2D eigenvalue weighted by Crippen LogP contribution is -1.89. The van der Waals surface area contributed by atoms with Crippen molar-refractivity contribution in [1.29, 1.82) is 0 Å². The summed E-state index contributed by atoms with van der Waals surface area (Å²) in [5.41, 5.74) is 2.17. The highest BCUT2D eigenvalue weighted by molar-refractivity contribution is 5.63. The quantitative estimate of drug-likeness (QED) is 0.564. The summed E-state index contributed by atoms with van der Waals surface area (Å²) in [6.45, 7) is 0. The van der Waals surface area contributed by atoms with Crippen LogP contribution < -0.4 is 0 Å². The van der Waals surface area contributed by atoms with Crippen molar-refractivity contribution in [2.75, 3.05) is 0 Å². The van der Waals surface area contributed by atoms with Gasteiger partial charge >= 0.3 is 0 Å². The van der Waals surface area contributed by atoms with E-state index >= 15 is 0 Å². The van der Waals surface area contributed by atoms with Crippen LogP contribution in [-0.4, -0.2) is 9.55 Å². The fourth-order valence-electron chi connectivity index (χ4n) is 1.21. The number of allylic oxidation sites excluding steroid dienone is 4. The smallest absolute Gasteiger partial charge is 0.0955 e. The van der Waals surface area contributed by atoms with Crippen molar-refractivity contribution in [2.24, 2.45) is 7.05 Å². The molecule has 1 heterocycles. The van der Waals surface area contributed by atoms with Crippen molar-refractivity contribution in [1.82, 2.24) is 9.55 Å². The number of imidazole rings is 1. The van der Waals surface area contributed by atoms with Gasteiger partial charge in [-0.2, -0.15) is 0 Å². The summed E-state index contributed by atoms with van der Waals surface area (Å²) < 4.78 is 2.01. The molecule has 0 saturated carbocycles. The minimum absolute atomic E-state index is 1.03. The van der Waals surface area contributed by atoms with Gasteiger partial charge in [0.15, 0.2) is 0 Å². The number of hydrogen-bond acceptors (Lipinski definition) is 1. The minimum Gasteiger partial charge on any atom is -0.334 e. The first kappa shape index (κ1) is 7.10. The number of rotatable bonds is 0. The zero-order valence-electron chi connectivity index (χ0n) is 6.94. The van der Waals surface area contributed by atoms with Crippen LogP contribution in [0.15, 0.2) is 30.6 Å². The Hall–Kier alpha value is -1.57. The third-order valence-electron chi connectivity index (χ3n) is 1.85. The SMILES string of the molecule is Cn1cnc2c1C=CC=CC=C2. The van der Waals surface area contributed by atoms with Crippen LogP contribution in [0, 0.1) is 0 Å². The van der Waals surface area contributed by atoms with Gasteiger partial charge in [-0.3, -0.25) is 0 Å². The van der Waals surface area contributed by atoms with Gasteiger partial charge in [0, 0.05) is 7.05 Å². The Kier molecular flexibility index (Phi) is 1.67. The Morgan fingerprint density at radius 1 is 1.08 bits per heavy atom. The van der Waals surface area contributed by atoms with Crippen LogP contribution in [0.3, 0.4) is 0 Å². The lowest BCUT2D eigenvalue weighted by molar-refractivity contribution is 0.902. The van der Waals surface area contributed by atoms with Crippen LogP contribution in [0.25, 0.3) is 12.2 Å². The van der Waals surface area contributed by atoms with E-state index in [1.165, 1.54) is 0 Å². The normalized spacial score (nSPS) is 14.1. The topological polar surface area (TPSA) is 17.8 Å². The summed E-state index contributed by atoms with van der Waals surface area (Å²) in [7, 11) is 2.00. The standard InChI is InChI=1S/C10H10N2/c1-12-8-11-9-6-4-2-3-5-7-10(9)12/h2-8H,1H3. The van der Waals surface area contributed by atoms with E-state index < -0.39 is 0 Å². The predicted octanol–water partition coefficient (Wildman–Crippen LogP) is 2.02. The molecule has 60 valence electrons. The predicted molar refractivity (Wildman–Crippen MR) is 50.4 cm³/mol. The highest BCUT2D eigenvalue weighted by Crippen LogP contribution is 2.11. The maximum Gasteiger partial charge on any atom is 0.0955 e. The second-order valence-electron chi connectivity index (χ2n) is 2.73. The van der Waals surface area contributed by atoms with Gasteiger partial charge in [0.2, 0.25) is 0 Å². The number of aryl methyl sites for hydroxylation is 1. The Labute approximate surface area is 71.6 Å². The van der Waals surface area contributed by atoms with E-state index in [4.69, 9.17) is 0 Å². The van der Waals surface area contributed by atoms with Gasteiger partial charge in [0.05, 0.1) is 17.7 Å². The van der Waals surface area contributed by atoms with Crippen LogP contribution in [0.5, 0.6) is 0 Å². The highest BCUT2D eigenvalue weighted by Gasteiger charge is 2.01. The molecule has 2 rings (SSSR count). The minimum atomic E-state index is 1.03. The summed E-state index contributed by atoms with van der Waals surface area (Å²) in [4.78, 5) is 4.25. The van der Waals surface area contributed by atoms with Gasteiger partial charge in [-0.05, 0) is 12.2 Å². The van der Waals surface area contributed by atoms with E-state index in [2.05, 4.69) is 11.1 Å². The van der Waals surface area contributed by atoms with E-state index in [1.807, 2.05) is 48.3 Å². The molecule has 0 aromatic carbocycles. The molecular formula is C10H10N2. The molecule has 0 saturated heterocycles. The molecular weight excluding hydrogens is 148 g/mol. The molecule has 1 aliphatic rings. The van der Waals surface area contributed by atoms with Crippen molar-refractivity contribution in [3.05, 3.63) is 42.0 Å². The molecule has 0 bridgehead atoms. The molecule has 0 spiro atoms. The molecule has 12 heavy (non-hydrogen) atoms. The Balaban J connectivity index is 2.57. The van der Waals surface area contributed by atoms with Gasteiger partial charge in [-0.15, -0.1) is 0 Å². The summed E-state index contributed by atoms with van der Waals surface area (Å²) in [6.07, 6.45) is 13.9. The van der Waals surface area contributed by atoms with E-state index in [-0.39, 0.29) is 0 Å². The van der Waals surface area contributed by atoms with Gasteiger partial charge < -0.3 is 4.57 Å². The Morgan fingerprint density at radius 3 is 2.67 bits per heavy atom. The molecule has 1 aliphatic carbocycles. The van der Waals surface area contributed by atoms with Crippen molar-refractivity contribution < 1.29 is 0 Å². The molecule has 1 aromatic heterocycles. The van der Waals surface area contributed by atoms with Crippen LogP contribution in [0.1, 0.15) is 11.4 Å². The molecule has 2 heteroatoms. The lowest BCUT2D eigenvalue weighted by atomic mass is 10.2. The zero-order chi connectivity index (χ0) is 8.39. The van der Waals surface area contributed by atoms with Crippen molar-refractivity contribution >= 4 is 12.2 Å². The van der Waals surface area contributed by atoms with E-state index in [0.717, 1.165) is 11.4 Å². The highest BCUT2D eigenvalue weighted by atomic mass is 15.0. The summed E-state index contributed by atoms with van der Waals surface area (Å²) in [5, 5.41) is 0. The first-order valence-electron chi connectivity index (χ1n) is 3.90. The summed E-state index contributed by atoms with van der Waals surface area (Å²) in [6, 6.07) is 0. The largest absolute Gasteiger partial charge is 0.334 e. The molecule has 0 radical (unpaired) electrons. The molecule has 0 unspecified atom stereocenters. The maximum atomic E-state index is 4.25. The number of fused-ring (bicyclic) bond motifs is 1. The van der Waals surface area contributed by atoms with Crippen LogP contribution in [-0.2, 0) is 7.05 Å². The van der Waals surface area contributed by atoms with Crippen LogP contribution in [0.2, 0.25) is 0 Å².